The third kappa shape index (κ3) is 3.49. The number of rotatable bonds is 4. The number of carbonyl (C=O) groups is 1. The molecule has 1 aliphatic rings. The van der Waals surface area contributed by atoms with E-state index in [4.69, 9.17) is 4.74 Å². The minimum absolute atomic E-state index is 0.157. The van der Waals surface area contributed by atoms with Crippen LogP contribution < -0.4 is 4.90 Å². The van der Waals surface area contributed by atoms with Crippen molar-refractivity contribution in [2.45, 2.75) is 19.4 Å². The summed E-state index contributed by atoms with van der Waals surface area (Å²) in [6.07, 6.45) is 6.95. The molecule has 3 aromatic rings. The molecule has 1 saturated heterocycles. The molecule has 6 heteroatoms. The maximum Gasteiger partial charge on any atom is 0.311 e. The van der Waals surface area contributed by atoms with Crippen molar-refractivity contribution in [2.75, 3.05) is 18.0 Å². The zero-order valence-corrected chi connectivity index (χ0v) is 14.4. The van der Waals surface area contributed by atoms with E-state index in [0.717, 1.165) is 35.9 Å². The Hall–Kier alpha value is -3.02. The van der Waals surface area contributed by atoms with Gasteiger partial charge in [-0.05, 0) is 25.0 Å². The fraction of sp³-hybridized carbons (Fsp3) is 0.300. The molecule has 1 aliphatic heterocycles. The lowest BCUT2D eigenvalue weighted by atomic mass is 9.98. The Morgan fingerprint density at radius 1 is 1.08 bits per heavy atom. The Bertz CT molecular complexity index is 895. The number of hydrogen-bond acceptors (Lipinski definition) is 6. The molecular weight excluding hydrogens is 328 g/mol. The lowest BCUT2D eigenvalue weighted by Crippen LogP contribution is -2.40. The average molecular weight is 348 g/mol. The average Bonchev–Trinajstić information content (AvgIpc) is 2.72. The predicted octanol–water partition coefficient (Wildman–Crippen LogP) is 2.98. The van der Waals surface area contributed by atoms with E-state index in [1.54, 1.807) is 24.7 Å². The topological polar surface area (TPSA) is 68.2 Å². The predicted molar refractivity (Wildman–Crippen MR) is 98.5 cm³/mol. The molecule has 0 amide bonds. The monoisotopic (exact) mass is 348 g/mol. The third-order valence-electron chi connectivity index (χ3n) is 4.68. The Labute approximate surface area is 151 Å². The van der Waals surface area contributed by atoms with Crippen molar-refractivity contribution in [3.05, 3.63) is 60.6 Å². The Kier molecular flexibility index (Phi) is 4.73. The van der Waals surface area contributed by atoms with Gasteiger partial charge in [-0.1, -0.05) is 24.3 Å². The van der Waals surface area contributed by atoms with Gasteiger partial charge in [-0.2, -0.15) is 0 Å². The molecule has 0 spiro atoms. The van der Waals surface area contributed by atoms with Gasteiger partial charge in [0.15, 0.2) is 0 Å². The number of hydrogen-bond donors (Lipinski definition) is 0. The summed E-state index contributed by atoms with van der Waals surface area (Å²) in [5, 5.41) is 1.05. The second kappa shape index (κ2) is 7.47. The van der Waals surface area contributed by atoms with E-state index >= 15 is 0 Å². The molecule has 4 rings (SSSR count). The number of piperidine rings is 1. The number of fused-ring (bicyclic) bond motifs is 1. The van der Waals surface area contributed by atoms with Crippen LogP contribution >= 0.6 is 0 Å². The molecular formula is C20H20N4O2. The summed E-state index contributed by atoms with van der Waals surface area (Å²) in [7, 11) is 0. The zero-order valence-electron chi connectivity index (χ0n) is 14.4. The Morgan fingerprint density at radius 2 is 1.88 bits per heavy atom. The van der Waals surface area contributed by atoms with Gasteiger partial charge in [-0.15, -0.1) is 0 Å². The molecule has 3 heterocycles. The van der Waals surface area contributed by atoms with E-state index in [9.17, 15) is 4.79 Å². The Morgan fingerprint density at radius 3 is 2.77 bits per heavy atom. The van der Waals surface area contributed by atoms with E-state index in [0.29, 0.717) is 12.5 Å². The van der Waals surface area contributed by atoms with Gasteiger partial charge in [-0.25, -0.2) is 9.97 Å². The molecule has 6 nitrogen and oxygen atoms in total. The summed E-state index contributed by atoms with van der Waals surface area (Å²) in [5.74, 6) is 0.345. The smallest absolute Gasteiger partial charge is 0.311 e. The molecule has 1 aromatic carbocycles. The second-order valence-electron chi connectivity index (χ2n) is 6.43. The van der Waals surface area contributed by atoms with Crippen molar-refractivity contribution in [2.24, 2.45) is 5.92 Å². The van der Waals surface area contributed by atoms with E-state index < -0.39 is 0 Å². The van der Waals surface area contributed by atoms with Crippen LogP contribution in [0.3, 0.4) is 0 Å². The molecule has 2 aromatic heterocycles. The van der Waals surface area contributed by atoms with E-state index in [1.807, 2.05) is 30.3 Å². The van der Waals surface area contributed by atoms with E-state index in [1.165, 1.54) is 0 Å². The molecule has 0 N–H and O–H groups in total. The maximum absolute atomic E-state index is 12.6. The minimum Gasteiger partial charge on any atom is -0.460 e. The van der Waals surface area contributed by atoms with Crippen molar-refractivity contribution in [3.63, 3.8) is 0 Å². The number of benzene rings is 1. The largest absolute Gasteiger partial charge is 0.460 e. The maximum atomic E-state index is 12.6. The number of esters is 1. The quantitative estimate of drug-likeness (QED) is 0.675. The van der Waals surface area contributed by atoms with Gasteiger partial charge < -0.3 is 9.64 Å². The standard InChI is InChI=1S/C20H20N4O2/c25-19(16-8-3-12-24(13-16)20-22-10-4-11-23-20)26-14-17-6-1-5-15-7-2-9-21-18(15)17/h1-2,4-7,9-11,16H,3,8,12-14H2. The number of carbonyl (C=O) groups excluding carboxylic acids is 1. The molecule has 0 radical (unpaired) electrons. The highest BCUT2D eigenvalue weighted by Crippen LogP contribution is 2.22. The van der Waals surface area contributed by atoms with E-state index in [2.05, 4.69) is 19.9 Å². The lowest BCUT2D eigenvalue weighted by molar-refractivity contribution is -0.150. The van der Waals surface area contributed by atoms with Crippen LogP contribution in [0.25, 0.3) is 10.9 Å². The summed E-state index contributed by atoms with van der Waals surface area (Å²) in [5.41, 5.74) is 1.81. The van der Waals surface area contributed by atoms with Crippen LogP contribution in [-0.4, -0.2) is 34.0 Å². The highest BCUT2D eigenvalue weighted by Gasteiger charge is 2.28. The second-order valence-corrected chi connectivity index (χ2v) is 6.43. The summed E-state index contributed by atoms with van der Waals surface area (Å²) >= 11 is 0. The molecule has 132 valence electrons. The van der Waals surface area contributed by atoms with Crippen LogP contribution in [0, 0.1) is 5.92 Å². The number of nitrogens with zero attached hydrogens (tertiary/aromatic N) is 4. The van der Waals surface area contributed by atoms with E-state index in [-0.39, 0.29) is 18.5 Å². The van der Waals surface area contributed by atoms with Gasteiger partial charge in [-0.3, -0.25) is 9.78 Å². The fourth-order valence-electron chi connectivity index (χ4n) is 3.36. The lowest BCUT2D eigenvalue weighted by Gasteiger charge is -2.31. The molecule has 0 aliphatic carbocycles. The molecule has 0 bridgehead atoms. The van der Waals surface area contributed by atoms with Crippen LogP contribution in [0.1, 0.15) is 18.4 Å². The Balaban J connectivity index is 1.41. The van der Waals surface area contributed by atoms with Gasteiger partial charge in [0.05, 0.1) is 11.4 Å². The van der Waals surface area contributed by atoms with Gasteiger partial charge in [0.25, 0.3) is 0 Å². The summed E-state index contributed by atoms with van der Waals surface area (Å²) < 4.78 is 5.61. The minimum atomic E-state index is -0.168. The van der Waals surface area contributed by atoms with Crippen molar-refractivity contribution in [1.82, 2.24) is 15.0 Å². The highest BCUT2D eigenvalue weighted by atomic mass is 16.5. The summed E-state index contributed by atoms with van der Waals surface area (Å²) in [6, 6.07) is 11.6. The van der Waals surface area contributed by atoms with Crippen molar-refractivity contribution in [3.8, 4) is 0 Å². The number of para-hydroxylation sites is 1. The van der Waals surface area contributed by atoms with Crippen molar-refractivity contribution < 1.29 is 9.53 Å². The number of aromatic nitrogens is 3. The van der Waals surface area contributed by atoms with Crippen LogP contribution in [0.4, 0.5) is 5.95 Å². The molecule has 0 saturated carbocycles. The SMILES string of the molecule is O=C(OCc1cccc2cccnc12)C1CCCN(c2ncccn2)C1. The molecule has 1 fully saturated rings. The number of ether oxygens (including phenoxy) is 1. The first-order valence-electron chi connectivity index (χ1n) is 8.82. The van der Waals surface area contributed by atoms with Gasteiger partial charge in [0, 0.05) is 42.6 Å². The van der Waals surface area contributed by atoms with Gasteiger partial charge in [0.2, 0.25) is 5.95 Å². The summed E-state index contributed by atoms with van der Waals surface area (Å²) in [4.78, 5) is 27.6. The first-order valence-corrected chi connectivity index (χ1v) is 8.82. The molecule has 1 unspecified atom stereocenters. The molecule has 1 atom stereocenters. The van der Waals surface area contributed by atoms with Gasteiger partial charge in [0.1, 0.15) is 6.61 Å². The van der Waals surface area contributed by atoms with Gasteiger partial charge >= 0.3 is 5.97 Å². The number of pyridine rings is 1. The fourth-order valence-corrected chi connectivity index (χ4v) is 3.36. The number of anilines is 1. The van der Waals surface area contributed by atoms with Crippen LogP contribution in [-0.2, 0) is 16.1 Å². The van der Waals surface area contributed by atoms with Crippen molar-refractivity contribution in [1.29, 1.82) is 0 Å². The van der Waals surface area contributed by atoms with Crippen LogP contribution in [0.5, 0.6) is 0 Å². The first kappa shape index (κ1) is 16.4. The van der Waals surface area contributed by atoms with Crippen LogP contribution in [0.2, 0.25) is 0 Å². The summed E-state index contributed by atoms with van der Waals surface area (Å²) in [6.45, 7) is 1.70. The normalized spacial score (nSPS) is 17.2. The zero-order chi connectivity index (χ0) is 17.8. The van der Waals surface area contributed by atoms with Crippen LogP contribution in [0.15, 0.2) is 55.0 Å². The third-order valence-corrected chi connectivity index (χ3v) is 4.68. The molecule has 26 heavy (non-hydrogen) atoms. The van der Waals surface area contributed by atoms with Crippen molar-refractivity contribution >= 4 is 22.8 Å². The first-order chi connectivity index (χ1) is 12.8. The highest BCUT2D eigenvalue weighted by molar-refractivity contribution is 5.81.